The predicted molar refractivity (Wildman–Crippen MR) is 66.9 cm³/mol. The highest BCUT2D eigenvalue weighted by molar-refractivity contribution is 7.98. The fraction of sp³-hybridized carbons (Fsp3) is 0.833. The number of thioether (sulfide) groups is 1. The number of fused-ring (bicyclic) bond motifs is 1. The monoisotopic (exact) mass is 257 g/mol. The highest BCUT2D eigenvalue weighted by atomic mass is 32.2. The van der Waals surface area contributed by atoms with Gasteiger partial charge in [-0.05, 0) is 43.1 Å². The van der Waals surface area contributed by atoms with Gasteiger partial charge in [0.1, 0.15) is 6.04 Å². The van der Waals surface area contributed by atoms with Gasteiger partial charge in [0.25, 0.3) is 0 Å². The molecule has 2 saturated carbocycles. The maximum atomic E-state index is 11.9. The van der Waals surface area contributed by atoms with Gasteiger partial charge in [-0.2, -0.15) is 11.8 Å². The number of carboxylic acid groups (broad SMARTS) is 1. The molecular formula is C12H19NO3S. The van der Waals surface area contributed by atoms with E-state index in [0.29, 0.717) is 18.3 Å². The molecule has 3 atom stereocenters. The van der Waals surface area contributed by atoms with E-state index in [2.05, 4.69) is 5.32 Å². The first kappa shape index (κ1) is 12.7. The van der Waals surface area contributed by atoms with E-state index in [1.807, 2.05) is 6.26 Å². The van der Waals surface area contributed by atoms with Gasteiger partial charge in [-0.1, -0.05) is 6.42 Å². The molecule has 1 amide bonds. The molecule has 0 spiro atoms. The molecule has 17 heavy (non-hydrogen) atoms. The normalized spacial score (nSPS) is 31.7. The lowest BCUT2D eigenvalue weighted by Crippen LogP contribution is -2.42. The molecule has 2 aliphatic carbocycles. The van der Waals surface area contributed by atoms with Crippen LogP contribution < -0.4 is 5.32 Å². The molecule has 0 aromatic rings. The van der Waals surface area contributed by atoms with Crippen LogP contribution in [0.1, 0.15) is 25.7 Å². The van der Waals surface area contributed by atoms with Gasteiger partial charge in [0, 0.05) is 5.92 Å². The van der Waals surface area contributed by atoms with Gasteiger partial charge in [-0.25, -0.2) is 4.79 Å². The first-order valence-electron chi connectivity index (χ1n) is 6.17. The topological polar surface area (TPSA) is 66.4 Å². The second-order valence-electron chi connectivity index (χ2n) is 4.97. The Hall–Kier alpha value is -0.710. The van der Waals surface area contributed by atoms with E-state index < -0.39 is 12.0 Å². The molecular weight excluding hydrogens is 238 g/mol. The van der Waals surface area contributed by atoms with Crippen LogP contribution in [0.15, 0.2) is 0 Å². The molecule has 2 aliphatic rings. The van der Waals surface area contributed by atoms with E-state index in [-0.39, 0.29) is 11.8 Å². The Labute approximate surface area is 106 Å². The average molecular weight is 257 g/mol. The maximum absolute atomic E-state index is 11.9. The lowest BCUT2D eigenvalue weighted by atomic mass is 10.1. The van der Waals surface area contributed by atoms with E-state index >= 15 is 0 Å². The first-order valence-corrected chi connectivity index (χ1v) is 7.56. The third-order valence-corrected chi connectivity index (χ3v) is 4.58. The van der Waals surface area contributed by atoms with Crippen LogP contribution in [0.2, 0.25) is 0 Å². The minimum absolute atomic E-state index is 0.0341. The highest BCUT2D eigenvalue weighted by Crippen LogP contribution is 2.57. The molecule has 2 rings (SSSR count). The van der Waals surface area contributed by atoms with E-state index in [1.165, 1.54) is 6.42 Å². The number of carboxylic acids is 1. The summed E-state index contributed by atoms with van der Waals surface area (Å²) in [4.78, 5) is 22.9. The summed E-state index contributed by atoms with van der Waals surface area (Å²) in [7, 11) is 0. The molecule has 0 heterocycles. The number of aliphatic carboxylic acids is 1. The predicted octanol–water partition coefficient (Wildman–Crippen LogP) is 1.35. The molecule has 0 bridgehead atoms. The summed E-state index contributed by atoms with van der Waals surface area (Å²) < 4.78 is 0. The number of rotatable bonds is 6. The molecule has 0 radical (unpaired) electrons. The standard InChI is InChI=1S/C12H19NO3S/c1-17-6-5-9(12(15)16)13-11(14)10-7-3-2-4-8(7)10/h7-10H,2-6H2,1H3,(H,13,14)(H,15,16). The smallest absolute Gasteiger partial charge is 0.326 e. The molecule has 96 valence electrons. The second kappa shape index (κ2) is 5.29. The number of amides is 1. The Kier molecular flexibility index (Phi) is 3.97. The van der Waals surface area contributed by atoms with Crippen LogP contribution in [0.3, 0.4) is 0 Å². The lowest BCUT2D eigenvalue weighted by molar-refractivity contribution is -0.142. The summed E-state index contributed by atoms with van der Waals surface area (Å²) in [5.41, 5.74) is 0. The fourth-order valence-corrected chi connectivity index (χ4v) is 3.44. The summed E-state index contributed by atoms with van der Waals surface area (Å²) in [6.45, 7) is 0. The minimum Gasteiger partial charge on any atom is -0.480 e. The zero-order valence-corrected chi connectivity index (χ0v) is 10.8. The Morgan fingerprint density at radius 1 is 1.41 bits per heavy atom. The van der Waals surface area contributed by atoms with E-state index in [4.69, 9.17) is 5.11 Å². The summed E-state index contributed by atoms with van der Waals surface area (Å²) in [5.74, 6) is 1.01. The van der Waals surface area contributed by atoms with Gasteiger partial charge in [0.05, 0.1) is 0 Å². The molecule has 4 nitrogen and oxygen atoms in total. The van der Waals surface area contributed by atoms with E-state index in [0.717, 1.165) is 18.6 Å². The number of carbonyl (C=O) groups is 2. The number of carbonyl (C=O) groups excluding carboxylic acids is 1. The van der Waals surface area contributed by atoms with Crippen LogP contribution in [0.5, 0.6) is 0 Å². The summed E-state index contributed by atoms with van der Waals surface area (Å²) in [6, 6.07) is -0.712. The average Bonchev–Trinajstić information content (AvgIpc) is 2.78. The van der Waals surface area contributed by atoms with Crippen LogP contribution >= 0.6 is 11.8 Å². The lowest BCUT2D eigenvalue weighted by Gasteiger charge is -2.14. The third-order valence-electron chi connectivity index (χ3n) is 3.93. The number of hydrogen-bond acceptors (Lipinski definition) is 3. The molecule has 5 heteroatoms. The van der Waals surface area contributed by atoms with Gasteiger partial charge in [-0.3, -0.25) is 4.79 Å². The van der Waals surface area contributed by atoms with Crippen LogP contribution in [-0.2, 0) is 9.59 Å². The molecule has 2 fully saturated rings. The van der Waals surface area contributed by atoms with Crippen molar-refractivity contribution in [1.82, 2.24) is 5.32 Å². The van der Waals surface area contributed by atoms with E-state index in [1.54, 1.807) is 11.8 Å². The zero-order valence-electron chi connectivity index (χ0n) is 10.0. The molecule has 0 aromatic carbocycles. The van der Waals surface area contributed by atoms with Gasteiger partial charge in [0.2, 0.25) is 5.91 Å². The largest absolute Gasteiger partial charge is 0.480 e. The van der Waals surface area contributed by atoms with Gasteiger partial charge in [0.15, 0.2) is 0 Å². The molecule has 0 aromatic heterocycles. The molecule has 3 unspecified atom stereocenters. The second-order valence-corrected chi connectivity index (χ2v) is 5.95. The Morgan fingerprint density at radius 2 is 2.06 bits per heavy atom. The van der Waals surface area contributed by atoms with Crippen molar-refractivity contribution < 1.29 is 14.7 Å². The van der Waals surface area contributed by atoms with Gasteiger partial charge in [-0.15, -0.1) is 0 Å². The Morgan fingerprint density at radius 3 is 2.59 bits per heavy atom. The van der Waals surface area contributed by atoms with Gasteiger partial charge < -0.3 is 10.4 Å². The molecule has 2 N–H and O–H groups in total. The Bertz CT molecular complexity index is 311. The summed E-state index contributed by atoms with van der Waals surface area (Å²) >= 11 is 1.60. The Balaban J connectivity index is 1.81. The van der Waals surface area contributed by atoms with Crippen molar-refractivity contribution in [2.24, 2.45) is 17.8 Å². The van der Waals surface area contributed by atoms with Crippen molar-refractivity contribution in [2.75, 3.05) is 12.0 Å². The van der Waals surface area contributed by atoms with Crippen molar-refractivity contribution in [3.63, 3.8) is 0 Å². The number of hydrogen-bond donors (Lipinski definition) is 2. The molecule has 0 saturated heterocycles. The quantitative estimate of drug-likeness (QED) is 0.754. The van der Waals surface area contributed by atoms with Crippen molar-refractivity contribution in [1.29, 1.82) is 0 Å². The van der Waals surface area contributed by atoms with Crippen molar-refractivity contribution in [2.45, 2.75) is 31.7 Å². The zero-order chi connectivity index (χ0) is 12.4. The SMILES string of the molecule is CSCCC(NC(=O)C1C2CCCC21)C(=O)O. The molecule has 0 aliphatic heterocycles. The van der Waals surface area contributed by atoms with Crippen molar-refractivity contribution in [3.05, 3.63) is 0 Å². The minimum atomic E-state index is -0.918. The van der Waals surface area contributed by atoms with Crippen LogP contribution in [0.4, 0.5) is 0 Å². The summed E-state index contributed by atoms with van der Waals surface area (Å²) in [6.07, 6.45) is 5.96. The summed E-state index contributed by atoms with van der Waals surface area (Å²) in [5, 5.41) is 11.7. The van der Waals surface area contributed by atoms with Crippen molar-refractivity contribution >= 4 is 23.6 Å². The van der Waals surface area contributed by atoms with Crippen molar-refractivity contribution in [3.8, 4) is 0 Å². The van der Waals surface area contributed by atoms with Gasteiger partial charge >= 0.3 is 5.97 Å². The van der Waals surface area contributed by atoms with E-state index in [9.17, 15) is 9.59 Å². The third kappa shape index (κ3) is 2.76. The maximum Gasteiger partial charge on any atom is 0.326 e. The van der Waals surface area contributed by atoms with Crippen LogP contribution in [-0.4, -0.2) is 35.0 Å². The fourth-order valence-electron chi connectivity index (χ4n) is 2.97. The first-order chi connectivity index (χ1) is 8.15. The van der Waals surface area contributed by atoms with Crippen LogP contribution in [0.25, 0.3) is 0 Å². The number of nitrogens with one attached hydrogen (secondary N) is 1. The highest BCUT2D eigenvalue weighted by Gasteiger charge is 2.56. The van der Waals surface area contributed by atoms with Crippen LogP contribution in [0, 0.1) is 17.8 Å².